The van der Waals surface area contributed by atoms with Crippen LogP contribution in [0.15, 0.2) is 42.5 Å². The fourth-order valence-electron chi connectivity index (χ4n) is 4.67. The fraction of sp³-hybridized carbons (Fsp3) is 0.481. The van der Waals surface area contributed by atoms with E-state index >= 15 is 0 Å². The molecule has 2 aromatic carbocycles. The number of nitrogens with one attached hydrogen (secondary N) is 1. The molecule has 1 atom stereocenters. The predicted octanol–water partition coefficient (Wildman–Crippen LogP) is 5.00. The van der Waals surface area contributed by atoms with Crippen molar-refractivity contribution in [1.29, 1.82) is 0 Å². The van der Waals surface area contributed by atoms with E-state index in [0.717, 1.165) is 42.5 Å². The van der Waals surface area contributed by atoms with Gasteiger partial charge in [0.1, 0.15) is 18.4 Å². The molecule has 1 N–H and O–H groups in total. The number of nitrogens with zero attached hydrogens (tertiary/aromatic N) is 3. The van der Waals surface area contributed by atoms with Crippen LogP contribution in [-0.2, 0) is 26.3 Å². The van der Waals surface area contributed by atoms with Crippen molar-refractivity contribution >= 4 is 50.9 Å². The molecule has 0 spiro atoms. The van der Waals surface area contributed by atoms with Crippen molar-refractivity contribution in [2.24, 2.45) is 0 Å². The Labute approximate surface area is 240 Å². The number of benzene rings is 2. The van der Waals surface area contributed by atoms with Gasteiger partial charge in [-0.1, -0.05) is 67.6 Å². The molecule has 0 radical (unpaired) electrons. The topological polar surface area (TPSA) is 90.0 Å². The SMILES string of the molecule is CC[C@H](C(=O)NC1CCCCC1)N(Cc1c(Cl)cccc1Cl)C(=O)CN(c1ccccc1F)S(=O)(=O)N(C)C. The smallest absolute Gasteiger partial charge is 0.304 e. The highest BCUT2D eigenvalue weighted by molar-refractivity contribution is 7.90. The Morgan fingerprint density at radius 1 is 1.03 bits per heavy atom. The lowest BCUT2D eigenvalue weighted by atomic mass is 9.95. The van der Waals surface area contributed by atoms with Gasteiger partial charge < -0.3 is 10.2 Å². The lowest BCUT2D eigenvalue weighted by Crippen LogP contribution is -2.54. The number of hydrogen-bond acceptors (Lipinski definition) is 4. The first-order chi connectivity index (χ1) is 18.5. The summed E-state index contributed by atoms with van der Waals surface area (Å²) in [7, 11) is -1.70. The molecule has 1 aliphatic rings. The van der Waals surface area contributed by atoms with Crippen LogP contribution in [0.5, 0.6) is 0 Å². The molecule has 0 aliphatic heterocycles. The van der Waals surface area contributed by atoms with E-state index in [1.54, 1.807) is 25.1 Å². The highest BCUT2D eigenvalue weighted by Crippen LogP contribution is 2.29. The highest BCUT2D eigenvalue weighted by atomic mass is 35.5. The van der Waals surface area contributed by atoms with Gasteiger partial charge in [0.2, 0.25) is 11.8 Å². The first-order valence-corrected chi connectivity index (χ1v) is 15.1. The van der Waals surface area contributed by atoms with Crippen molar-refractivity contribution in [2.45, 2.75) is 64.1 Å². The summed E-state index contributed by atoms with van der Waals surface area (Å²) in [5.74, 6) is -1.85. The van der Waals surface area contributed by atoms with Crippen LogP contribution in [0.3, 0.4) is 0 Å². The van der Waals surface area contributed by atoms with E-state index in [9.17, 15) is 22.4 Å². The van der Waals surface area contributed by atoms with Gasteiger partial charge in [0, 0.05) is 42.3 Å². The maximum Gasteiger partial charge on any atom is 0.304 e. The minimum atomic E-state index is -4.28. The molecular formula is C27H35Cl2FN4O4S. The minimum Gasteiger partial charge on any atom is -0.352 e. The van der Waals surface area contributed by atoms with E-state index < -0.39 is 34.5 Å². The molecule has 0 saturated heterocycles. The summed E-state index contributed by atoms with van der Waals surface area (Å²) >= 11 is 12.8. The lowest BCUT2D eigenvalue weighted by molar-refractivity contribution is -0.140. The number of amides is 2. The molecule has 2 aromatic rings. The molecule has 0 bridgehead atoms. The van der Waals surface area contributed by atoms with E-state index in [0.29, 0.717) is 19.9 Å². The van der Waals surface area contributed by atoms with Gasteiger partial charge in [-0.25, -0.2) is 8.70 Å². The number of halogens is 3. The van der Waals surface area contributed by atoms with Crippen LogP contribution in [-0.4, -0.2) is 62.2 Å². The van der Waals surface area contributed by atoms with E-state index in [2.05, 4.69) is 5.32 Å². The van der Waals surface area contributed by atoms with Crippen LogP contribution < -0.4 is 9.62 Å². The Morgan fingerprint density at radius 3 is 2.21 bits per heavy atom. The Hall–Kier alpha value is -2.40. The number of hydrogen-bond donors (Lipinski definition) is 1. The molecule has 8 nitrogen and oxygen atoms in total. The van der Waals surface area contributed by atoms with Crippen LogP contribution in [0.4, 0.5) is 10.1 Å². The van der Waals surface area contributed by atoms with Crippen LogP contribution in [0.2, 0.25) is 10.0 Å². The Kier molecular flexibility index (Phi) is 11.0. The van der Waals surface area contributed by atoms with Gasteiger partial charge in [-0.2, -0.15) is 12.7 Å². The van der Waals surface area contributed by atoms with E-state index in [1.165, 1.54) is 37.2 Å². The Bertz CT molecular complexity index is 1250. The third-order valence-corrected chi connectivity index (χ3v) is 9.38. The summed E-state index contributed by atoms with van der Waals surface area (Å²) < 4.78 is 42.9. The van der Waals surface area contributed by atoms with Crippen molar-refractivity contribution in [3.8, 4) is 0 Å². The second-order valence-corrected chi connectivity index (χ2v) is 12.6. The monoisotopic (exact) mass is 600 g/mol. The average molecular weight is 602 g/mol. The van der Waals surface area contributed by atoms with Crippen LogP contribution >= 0.6 is 23.2 Å². The van der Waals surface area contributed by atoms with Gasteiger partial charge in [-0.3, -0.25) is 9.59 Å². The largest absolute Gasteiger partial charge is 0.352 e. The van der Waals surface area contributed by atoms with Crippen molar-refractivity contribution in [1.82, 2.24) is 14.5 Å². The maximum absolute atomic E-state index is 14.8. The molecule has 0 unspecified atom stereocenters. The second kappa shape index (κ2) is 13.8. The first-order valence-electron chi connectivity index (χ1n) is 12.9. The molecule has 214 valence electrons. The van der Waals surface area contributed by atoms with Crippen molar-refractivity contribution in [3.05, 3.63) is 63.9 Å². The molecule has 1 saturated carbocycles. The quantitative estimate of drug-likeness (QED) is 0.393. The average Bonchev–Trinajstić information content (AvgIpc) is 2.89. The van der Waals surface area contributed by atoms with Gasteiger partial charge in [0.25, 0.3) is 0 Å². The molecule has 0 heterocycles. The minimum absolute atomic E-state index is 0.00480. The molecule has 1 aliphatic carbocycles. The van der Waals surface area contributed by atoms with Crippen molar-refractivity contribution < 1.29 is 22.4 Å². The molecule has 39 heavy (non-hydrogen) atoms. The maximum atomic E-state index is 14.8. The van der Waals surface area contributed by atoms with E-state index in [1.807, 2.05) is 0 Å². The molecular weight excluding hydrogens is 566 g/mol. The molecule has 12 heteroatoms. The van der Waals surface area contributed by atoms with Gasteiger partial charge in [0.05, 0.1) is 5.69 Å². The summed E-state index contributed by atoms with van der Waals surface area (Å²) in [5.41, 5.74) is 0.140. The van der Waals surface area contributed by atoms with Gasteiger partial charge in [-0.05, 0) is 43.5 Å². The van der Waals surface area contributed by atoms with E-state index in [-0.39, 0.29) is 30.6 Å². The van der Waals surface area contributed by atoms with Crippen molar-refractivity contribution in [3.63, 3.8) is 0 Å². The zero-order valence-corrected chi connectivity index (χ0v) is 24.7. The summed E-state index contributed by atoms with van der Waals surface area (Å²) in [6.07, 6.45) is 5.11. The number of carbonyl (C=O) groups excluding carboxylic acids is 2. The number of carbonyl (C=O) groups is 2. The summed E-state index contributed by atoms with van der Waals surface area (Å²) in [5, 5.41) is 3.67. The van der Waals surface area contributed by atoms with Crippen molar-refractivity contribution in [2.75, 3.05) is 24.9 Å². The summed E-state index contributed by atoms with van der Waals surface area (Å²) in [4.78, 5) is 28.7. The first kappa shape index (κ1) is 31.1. The molecule has 3 rings (SSSR count). The zero-order chi connectivity index (χ0) is 28.7. The van der Waals surface area contributed by atoms with Gasteiger partial charge in [-0.15, -0.1) is 0 Å². The summed E-state index contributed by atoms with van der Waals surface area (Å²) in [6.45, 7) is 0.891. The number of rotatable bonds is 11. The van der Waals surface area contributed by atoms with E-state index in [4.69, 9.17) is 23.2 Å². The Morgan fingerprint density at radius 2 is 1.64 bits per heavy atom. The molecule has 2 amide bonds. The Balaban J connectivity index is 2.01. The lowest BCUT2D eigenvalue weighted by Gasteiger charge is -2.35. The molecule has 1 fully saturated rings. The normalized spacial score (nSPS) is 15.2. The predicted molar refractivity (Wildman–Crippen MR) is 152 cm³/mol. The summed E-state index contributed by atoms with van der Waals surface area (Å²) in [6, 6.07) is 9.29. The van der Waals surface area contributed by atoms with Gasteiger partial charge >= 0.3 is 10.2 Å². The standard InChI is InChI=1S/C27H35Cl2FN4O4S/c1-4-24(27(36)31-19-11-6-5-7-12-19)33(17-20-21(28)13-10-14-22(20)29)26(35)18-34(39(37,38)32(2)3)25-16-9-8-15-23(25)30/h8-10,13-16,19,24H,4-7,11-12,17-18H2,1-3H3,(H,31,36)/t24-/m1/s1. The van der Waals surface area contributed by atoms with Crippen LogP contribution in [0.1, 0.15) is 51.0 Å². The number of para-hydroxylation sites is 1. The number of anilines is 1. The third-order valence-electron chi connectivity index (χ3n) is 6.87. The third kappa shape index (κ3) is 7.63. The van der Waals surface area contributed by atoms with Gasteiger partial charge in [0.15, 0.2) is 0 Å². The van der Waals surface area contributed by atoms with Crippen LogP contribution in [0.25, 0.3) is 0 Å². The van der Waals surface area contributed by atoms with Crippen LogP contribution in [0, 0.1) is 5.82 Å². The molecule has 0 aromatic heterocycles. The second-order valence-electron chi connectivity index (χ2n) is 9.74. The fourth-order valence-corrected chi connectivity index (χ4v) is 6.25. The highest BCUT2D eigenvalue weighted by Gasteiger charge is 2.35. The zero-order valence-electron chi connectivity index (χ0n) is 22.4.